The number of hydrogen-bond acceptors (Lipinski definition) is 4. The highest BCUT2D eigenvalue weighted by Gasteiger charge is 2.22. The smallest absolute Gasteiger partial charge is 0.240 e. The van der Waals surface area contributed by atoms with Gasteiger partial charge >= 0.3 is 0 Å². The fraction of sp³-hybridized carbons (Fsp3) is 0.733. The van der Waals surface area contributed by atoms with Gasteiger partial charge in [0, 0.05) is 4.88 Å². The molecule has 1 atom stereocenters. The predicted octanol–water partition coefficient (Wildman–Crippen LogP) is 2.60. The van der Waals surface area contributed by atoms with Crippen LogP contribution in [0.15, 0.2) is 0 Å². The van der Waals surface area contributed by atoms with E-state index in [1.165, 1.54) is 36.3 Å². The van der Waals surface area contributed by atoms with Gasteiger partial charge < -0.3 is 10.6 Å². The Morgan fingerprint density at radius 2 is 2.20 bits per heavy atom. The molecule has 0 spiro atoms. The lowest BCUT2D eigenvalue weighted by Gasteiger charge is -2.18. The van der Waals surface area contributed by atoms with E-state index >= 15 is 0 Å². The van der Waals surface area contributed by atoms with Crippen molar-refractivity contribution in [1.82, 2.24) is 10.3 Å². The molecule has 0 saturated heterocycles. The van der Waals surface area contributed by atoms with Crippen molar-refractivity contribution in [3.63, 3.8) is 0 Å². The molecule has 2 N–H and O–H groups in total. The van der Waals surface area contributed by atoms with Crippen LogP contribution >= 0.6 is 11.3 Å². The summed E-state index contributed by atoms with van der Waals surface area (Å²) >= 11 is 1.66. The van der Waals surface area contributed by atoms with Crippen LogP contribution in [0.25, 0.3) is 0 Å². The topological polar surface area (TPSA) is 54.0 Å². The molecular formula is C15H23N3OS. The Hall–Kier alpha value is -0.940. The average Bonchev–Trinajstić information content (AvgIpc) is 3.17. The van der Waals surface area contributed by atoms with Crippen LogP contribution in [-0.4, -0.2) is 24.0 Å². The lowest BCUT2D eigenvalue weighted by molar-refractivity contribution is -0.115. The lowest BCUT2D eigenvalue weighted by Crippen LogP contribution is -2.29. The second-order valence-electron chi connectivity index (χ2n) is 6.03. The van der Waals surface area contributed by atoms with E-state index in [0.717, 1.165) is 36.4 Å². The average molecular weight is 293 g/mol. The summed E-state index contributed by atoms with van der Waals surface area (Å²) in [5.41, 5.74) is 1.21. The Labute approximate surface area is 124 Å². The fourth-order valence-corrected chi connectivity index (χ4v) is 3.86. The summed E-state index contributed by atoms with van der Waals surface area (Å²) in [6.07, 6.45) is 7.31. The first kappa shape index (κ1) is 14.0. The van der Waals surface area contributed by atoms with E-state index in [1.807, 2.05) is 0 Å². The van der Waals surface area contributed by atoms with Gasteiger partial charge in [-0.05, 0) is 50.5 Å². The number of carbonyl (C=O) groups is 1. The van der Waals surface area contributed by atoms with Crippen molar-refractivity contribution in [2.45, 2.75) is 45.4 Å². The molecule has 5 heteroatoms. The zero-order valence-corrected chi connectivity index (χ0v) is 12.9. The molecule has 0 radical (unpaired) electrons. The largest absolute Gasteiger partial charge is 0.308 e. The molecule has 0 aromatic carbocycles. The Balaban J connectivity index is 1.50. The number of thiazole rings is 1. The van der Waals surface area contributed by atoms with Gasteiger partial charge in [0.25, 0.3) is 0 Å². The van der Waals surface area contributed by atoms with Crippen LogP contribution in [-0.2, 0) is 17.6 Å². The molecule has 1 heterocycles. The maximum Gasteiger partial charge on any atom is 0.240 e. The van der Waals surface area contributed by atoms with Crippen LogP contribution in [0.4, 0.5) is 5.13 Å². The van der Waals surface area contributed by atoms with Crippen LogP contribution < -0.4 is 10.6 Å². The van der Waals surface area contributed by atoms with E-state index in [-0.39, 0.29) is 5.91 Å². The van der Waals surface area contributed by atoms with E-state index in [4.69, 9.17) is 0 Å². The molecule has 1 saturated carbocycles. The summed E-state index contributed by atoms with van der Waals surface area (Å²) < 4.78 is 0. The minimum atomic E-state index is 0.0313. The number of anilines is 1. The molecule has 1 aromatic heterocycles. The second-order valence-corrected chi connectivity index (χ2v) is 7.11. The zero-order chi connectivity index (χ0) is 13.9. The Morgan fingerprint density at radius 1 is 1.35 bits per heavy atom. The number of rotatable bonds is 6. The van der Waals surface area contributed by atoms with Gasteiger partial charge in [-0.3, -0.25) is 4.79 Å². The molecule has 0 aliphatic heterocycles. The SMILES string of the molecule is CCC1CCc2nc(NC(=O)CNCC3CC3)sc2C1. The summed E-state index contributed by atoms with van der Waals surface area (Å²) in [6, 6.07) is 0. The third-order valence-electron chi connectivity index (χ3n) is 4.28. The van der Waals surface area contributed by atoms with Crippen molar-refractivity contribution in [3.05, 3.63) is 10.6 Å². The molecule has 1 aromatic rings. The Kier molecular flexibility index (Phi) is 4.36. The van der Waals surface area contributed by atoms with E-state index in [9.17, 15) is 4.79 Å². The van der Waals surface area contributed by atoms with E-state index in [0.29, 0.717) is 6.54 Å². The first-order chi connectivity index (χ1) is 9.74. The maximum atomic E-state index is 11.8. The number of fused-ring (bicyclic) bond motifs is 1. The highest BCUT2D eigenvalue weighted by atomic mass is 32.1. The molecule has 4 nitrogen and oxygen atoms in total. The third-order valence-corrected chi connectivity index (χ3v) is 5.32. The molecule has 0 bridgehead atoms. The molecule has 1 unspecified atom stereocenters. The summed E-state index contributed by atoms with van der Waals surface area (Å²) in [5, 5.41) is 6.92. The highest BCUT2D eigenvalue weighted by Crippen LogP contribution is 2.33. The highest BCUT2D eigenvalue weighted by molar-refractivity contribution is 7.15. The van der Waals surface area contributed by atoms with Crippen LogP contribution in [0.2, 0.25) is 0 Å². The van der Waals surface area contributed by atoms with Gasteiger partial charge in [-0.25, -0.2) is 4.98 Å². The van der Waals surface area contributed by atoms with Crippen molar-refractivity contribution < 1.29 is 4.79 Å². The van der Waals surface area contributed by atoms with Gasteiger partial charge in [-0.2, -0.15) is 0 Å². The van der Waals surface area contributed by atoms with Crippen LogP contribution in [0.3, 0.4) is 0 Å². The van der Waals surface area contributed by atoms with E-state index < -0.39 is 0 Å². The number of carbonyl (C=O) groups excluding carboxylic acids is 1. The Bertz CT molecular complexity index is 481. The summed E-state index contributed by atoms with van der Waals surface area (Å²) in [7, 11) is 0. The summed E-state index contributed by atoms with van der Waals surface area (Å²) in [6.45, 7) is 3.63. The first-order valence-electron chi connectivity index (χ1n) is 7.73. The third kappa shape index (κ3) is 3.58. The standard InChI is InChI=1S/C15H23N3OS/c1-2-10-5-6-12-13(7-10)20-15(17-12)18-14(19)9-16-8-11-3-4-11/h10-11,16H,2-9H2,1H3,(H,17,18,19). The van der Waals surface area contributed by atoms with Gasteiger partial charge in [0.15, 0.2) is 5.13 Å². The normalized spacial score (nSPS) is 21.6. The minimum Gasteiger partial charge on any atom is -0.308 e. The lowest BCUT2D eigenvalue weighted by atomic mass is 9.89. The van der Waals surface area contributed by atoms with Gasteiger partial charge in [0.2, 0.25) is 5.91 Å². The summed E-state index contributed by atoms with van der Waals surface area (Å²) in [4.78, 5) is 17.8. The second kappa shape index (κ2) is 6.22. The molecule has 1 fully saturated rings. The monoisotopic (exact) mass is 293 g/mol. The van der Waals surface area contributed by atoms with Crippen LogP contribution in [0.5, 0.6) is 0 Å². The van der Waals surface area contributed by atoms with Gasteiger partial charge in [0.1, 0.15) is 0 Å². The first-order valence-corrected chi connectivity index (χ1v) is 8.55. The maximum absolute atomic E-state index is 11.8. The van der Waals surface area contributed by atoms with Crippen molar-refractivity contribution in [1.29, 1.82) is 0 Å². The number of hydrogen-bond donors (Lipinski definition) is 2. The number of aryl methyl sites for hydroxylation is 1. The molecule has 2 aliphatic carbocycles. The number of aromatic nitrogens is 1. The van der Waals surface area contributed by atoms with Gasteiger partial charge in [-0.15, -0.1) is 11.3 Å². The molecule has 3 rings (SSSR count). The fourth-order valence-electron chi connectivity index (χ4n) is 2.72. The number of nitrogens with one attached hydrogen (secondary N) is 2. The molecule has 20 heavy (non-hydrogen) atoms. The number of nitrogens with zero attached hydrogens (tertiary/aromatic N) is 1. The molecular weight excluding hydrogens is 270 g/mol. The van der Waals surface area contributed by atoms with Crippen LogP contribution in [0.1, 0.15) is 43.2 Å². The zero-order valence-electron chi connectivity index (χ0n) is 12.1. The quantitative estimate of drug-likeness (QED) is 0.847. The predicted molar refractivity (Wildman–Crippen MR) is 82.1 cm³/mol. The van der Waals surface area contributed by atoms with E-state index in [1.54, 1.807) is 11.3 Å². The molecule has 110 valence electrons. The molecule has 1 amide bonds. The van der Waals surface area contributed by atoms with Crippen LogP contribution in [0, 0.1) is 11.8 Å². The Morgan fingerprint density at radius 3 is 2.95 bits per heavy atom. The van der Waals surface area contributed by atoms with E-state index in [2.05, 4.69) is 22.5 Å². The number of amides is 1. The van der Waals surface area contributed by atoms with Gasteiger partial charge in [0.05, 0.1) is 12.2 Å². The van der Waals surface area contributed by atoms with Crippen molar-refractivity contribution in [2.75, 3.05) is 18.4 Å². The molecule has 2 aliphatic rings. The van der Waals surface area contributed by atoms with Crippen molar-refractivity contribution in [3.8, 4) is 0 Å². The minimum absolute atomic E-state index is 0.0313. The van der Waals surface area contributed by atoms with Gasteiger partial charge in [-0.1, -0.05) is 13.3 Å². The van der Waals surface area contributed by atoms with Crippen molar-refractivity contribution >= 4 is 22.4 Å². The summed E-state index contributed by atoms with van der Waals surface area (Å²) in [5.74, 6) is 1.64. The van der Waals surface area contributed by atoms with Crippen molar-refractivity contribution in [2.24, 2.45) is 11.8 Å².